The molecule has 1 fully saturated rings. The molecule has 1 saturated heterocycles. The molecule has 0 bridgehead atoms. The molecule has 0 radical (unpaired) electrons. The van der Waals surface area contributed by atoms with E-state index in [9.17, 15) is 14.9 Å². The summed E-state index contributed by atoms with van der Waals surface area (Å²) >= 11 is 7.49. The monoisotopic (exact) mass is 505 g/mol. The molecule has 10 nitrogen and oxygen atoms in total. The lowest BCUT2D eigenvalue weighted by Gasteiger charge is -2.34. The first-order valence-corrected chi connectivity index (χ1v) is 11.8. The number of thiazole rings is 1. The molecule has 1 aliphatic rings. The number of nitrogens with one attached hydrogen (secondary N) is 1. The molecule has 1 aliphatic heterocycles. The van der Waals surface area contributed by atoms with Crippen LogP contribution in [0, 0.1) is 10.1 Å². The average Bonchev–Trinajstić information content (AvgIpc) is 3.29. The number of nitro benzene ring substituents is 1. The van der Waals surface area contributed by atoms with Crippen molar-refractivity contribution >= 4 is 49.9 Å². The molecule has 0 saturated carbocycles. The SMILES string of the molecule is COc1ccc(OC)c2sc(N3CCN(CCNC(=O)c4cc(Cl)ccc4[N+](=O)[O-])CC3)nc12. The van der Waals surface area contributed by atoms with Crippen LogP contribution in [-0.2, 0) is 0 Å². The van der Waals surface area contributed by atoms with Crippen LogP contribution in [0.1, 0.15) is 10.4 Å². The van der Waals surface area contributed by atoms with E-state index in [2.05, 4.69) is 15.1 Å². The highest BCUT2D eigenvalue weighted by molar-refractivity contribution is 7.22. The number of carbonyl (C=O) groups is 1. The van der Waals surface area contributed by atoms with Crippen molar-refractivity contribution in [3.63, 3.8) is 0 Å². The number of nitro groups is 1. The minimum absolute atomic E-state index is 0.0380. The Hall–Kier alpha value is -3.15. The van der Waals surface area contributed by atoms with Gasteiger partial charge in [0.15, 0.2) is 5.13 Å². The standard InChI is InChI=1S/C22H24ClN5O5S/c1-32-17-5-6-18(33-2)20-19(17)25-22(34-20)27-11-9-26(10-12-27)8-7-24-21(29)15-13-14(23)3-4-16(15)28(30)31/h3-6,13H,7-12H2,1-2H3,(H,24,29). The maximum Gasteiger partial charge on any atom is 0.282 e. The number of amides is 1. The van der Waals surface area contributed by atoms with Crippen LogP contribution in [0.25, 0.3) is 10.2 Å². The lowest BCUT2D eigenvalue weighted by molar-refractivity contribution is -0.385. The number of anilines is 1. The highest BCUT2D eigenvalue weighted by atomic mass is 35.5. The van der Waals surface area contributed by atoms with Crippen molar-refractivity contribution in [3.8, 4) is 11.5 Å². The van der Waals surface area contributed by atoms with E-state index in [1.54, 1.807) is 25.6 Å². The van der Waals surface area contributed by atoms with Crippen molar-refractivity contribution in [3.05, 3.63) is 51.0 Å². The van der Waals surface area contributed by atoms with Gasteiger partial charge in [0.1, 0.15) is 27.3 Å². The number of aromatic nitrogens is 1. The molecule has 0 spiro atoms. The molecule has 1 N–H and O–H groups in total. The summed E-state index contributed by atoms with van der Waals surface area (Å²) < 4.78 is 11.9. The summed E-state index contributed by atoms with van der Waals surface area (Å²) in [6, 6.07) is 7.69. The fourth-order valence-corrected chi connectivity index (χ4v) is 5.14. The van der Waals surface area contributed by atoms with Gasteiger partial charge < -0.3 is 19.7 Å². The summed E-state index contributed by atoms with van der Waals surface area (Å²) in [5, 5.41) is 15.1. The Labute approximate surface area is 205 Å². The number of rotatable bonds is 8. The zero-order chi connectivity index (χ0) is 24.2. The second kappa shape index (κ2) is 10.4. The lowest BCUT2D eigenvalue weighted by atomic mass is 10.1. The Kier molecular flexibility index (Phi) is 7.35. The number of benzene rings is 2. The number of hydrogen-bond donors (Lipinski definition) is 1. The van der Waals surface area contributed by atoms with Gasteiger partial charge in [0.25, 0.3) is 11.6 Å². The summed E-state index contributed by atoms with van der Waals surface area (Å²) in [6.45, 7) is 4.19. The molecular weight excluding hydrogens is 482 g/mol. The van der Waals surface area contributed by atoms with Crippen LogP contribution < -0.4 is 19.7 Å². The van der Waals surface area contributed by atoms with Gasteiger partial charge in [0.2, 0.25) is 0 Å². The Morgan fingerprint density at radius 1 is 1.18 bits per heavy atom. The van der Waals surface area contributed by atoms with E-state index < -0.39 is 10.8 Å². The fourth-order valence-electron chi connectivity index (χ4n) is 3.84. The number of fused-ring (bicyclic) bond motifs is 1. The van der Waals surface area contributed by atoms with E-state index in [1.807, 2.05) is 12.1 Å². The minimum atomic E-state index is -0.586. The summed E-state index contributed by atoms with van der Waals surface area (Å²) in [5.41, 5.74) is 0.491. The van der Waals surface area contributed by atoms with Crippen molar-refractivity contribution in [2.75, 3.05) is 58.4 Å². The zero-order valence-corrected chi connectivity index (χ0v) is 20.3. The fraction of sp³-hybridized carbons (Fsp3) is 0.364. The third-order valence-electron chi connectivity index (χ3n) is 5.66. The Bertz CT molecular complexity index is 1170. The van der Waals surface area contributed by atoms with Crippen LogP contribution in [0.3, 0.4) is 0 Å². The van der Waals surface area contributed by atoms with Crippen LogP contribution in [0.15, 0.2) is 30.3 Å². The molecule has 0 aliphatic carbocycles. The highest BCUT2D eigenvalue weighted by Gasteiger charge is 2.23. The Balaban J connectivity index is 1.32. The van der Waals surface area contributed by atoms with Crippen molar-refractivity contribution < 1.29 is 19.2 Å². The van der Waals surface area contributed by atoms with Crippen molar-refractivity contribution in [1.82, 2.24) is 15.2 Å². The maximum atomic E-state index is 12.5. The number of hydrogen-bond acceptors (Lipinski definition) is 9. The number of halogens is 1. The van der Waals surface area contributed by atoms with Crippen LogP contribution in [0.5, 0.6) is 11.5 Å². The molecule has 2 aromatic carbocycles. The van der Waals surface area contributed by atoms with E-state index >= 15 is 0 Å². The third kappa shape index (κ3) is 5.01. The summed E-state index contributed by atoms with van der Waals surface area (Å²) in [6.07, 6.45) is 0. The third-order valence-corrected chi connectivity index (χ3v) is 7.02. The smallest absolute Gasteiger partial charge is 0.282 e. The number of methoxy groups -OCH3 is 2. The zero-order valence-electron chi connectivity index (χ0n) is 18.7. The summed E-state index contributed by atoms with van der Waals surface area (Å²) in [4.78, 5) is 32.3. The number of nitrogens with zero attached hydrogens (tertiary/aromatic N) is 4. The van der Waals surface area contributed by atoms with Crippen LogP contribution in [-0.4, -0.2) is 74.2 Å². The summed E-state index contributed by atoms with van der Waals surface area (Å²) in [7, 11) is 3.27. The first-order valence-electron chi connectivity index (χ1n) is 10.6. The predicted molar refractivity (Wildman–Crippen MR) is 132 cm³/mol. The van der Waals surface area contributed by atoms with E-state index in [1.165, 1.54) is 18.2 Å². The highest BCUT2D eigenvalue weighted by Crippen LogP contribution is 2.40. The second-order valence-electron chi connectivity index (χ2n) is 7.65. The maximum absolute atomic E-state index is 12.5. The molecule has 0 atom stereocenters. The van der Waals surface area contributed by atoms with Crippen molar-refractivity contribution in [2.24, 2.45) is 0 Å². The first-order chi connectivity index (χ1) is 16.4. The lowest BCUT2D eigenvalue weighted by Crippen LogP contribution is -2.48. The van der Waals surface area contributed by atoms with Gasteiger partial charge in [-0.25, -0.2) is 4.98 Å². The van der Waals surface area contributed by atoms with Crippen molar-refractivity contribution in [2.45, 2.75) is 0 Å². The topological polar surface area (TPSA) is 110 Å². The largest absolute Gasteiger partial charge is 0.495 e. The van der Waals surface area contributed by atoms with E-state index in [4.69, 9.17) is 26.1 Å². The molecule has 3 aromatic rings. The summed E-state index contributed by atoms with van der Waals surface area (Å²) in [5.74, 6) is 0.978. The van der Waals surface area contributed by atoms with Gasteiger partial charge in [-0.3, -0.25) is 19.8 Å². The average molecular weight is 506 g/mol. The van der Waals surface area contributed by atoms with Crippen molar-refractivity contribution in [1.29, 1.82) is 0 Å². The van der Waals surface area contributed by atoms with Crippen LogP contribution >= 0.6 is 22.9 Å². The van der Waals surface area contributed by atoms with Gasteiger partial charge >= 0.3 is 0 Å². The Morgan fingerprint density at radius 2 is 1.88 bits per heavy atom. The molecule has 1 aromatic heterocycles. The van der Waals surface area contributed by atoms with E-state index in [0.29, 0.717) is 18.8 Å². The molecule has 12 heteroatoms. The van der Waals surface area contributed by atoms with Gasteiger partial charge in [-0.1, -0.05) is 22.9 Å². The van der Waals surface area contributed by atoms with Crippen LogP contribution in [0.2, 0.25) is 5.02 Å². The van der Waals surface area contributed by atoms with Crippen LogP contribution in [0.4, 0.5) is 10.8 Å². The minimum Gasteiger partial charge on any atom is -0.495 e. The quantitative estimate of drug-likeness (QED) is 0.366. The normalized spacial score (nSPS) is 14.3. The molecular formula is C22H24ClN5O5S. The number of ether oxygens (including phenoxy) is 2. The van der Waals surface area contributed by atoms with E-state index in [0.717, 1.165) is 47.3 Å². The van der Waals surface area contributed by atoms with Gasteiger partial charge in [-0.2, -0.15) is 0 Å². The molecule has 1 amide bonds. The van der Waals surface area contributed by atoms with Gasteiger partial charge in [-0.05, 0) is 24.3 Å². The van der Waals surface area contributed by atoms with E-state index in [-0.39, 0.29) is 16.3 Å². The Morgan fingerprint density at radius 3 is 2.56 bits per heavy atom. The number of carbonyl (C=O) groups excluding carboxylic acids is 1. The van der Waals surface area contributed by atoms with Gasteiger partial charge in [0.05, 0.1) is 19.1 Å². The number of piperazine rings is 1. The molecule has 2 heterocycles. The predicted octanol–water partition coefficient (Wildman–Crippen LogP) is 3.43. The molecule has 0 unspecified atom stereocenters. The van der Waals surface area contributed by atoms with Gasteiger partial charge in [-0.15, -0.1) is 0 Å². The molecule has 34 heavy (non-hydrogen) atoms. The molecule has 4 rings (SSSR count). The molecule has 180 valence electrons. The van der Waals surface area contributed by atoms with Gasteiger partial charge in [0, 0.05) is 50.4 Å². The first kappa shape index (κ1) is 24.0. The second-order valence-corrected chi connectivity index (χ2v) is 9.06.